The maximum atomic E-state index is 5.87. The molecule has 4 nitrogen and oxygen atoms in total. The molecule has 0 fully saturated rings. The second-order valence-electron chi connectivity index (χ2n) is 6.18. The minimum Gasteiger partial charge on any atom is -0.493 e. The number of nitrogens with zero attached hydrogens (tertiary/aromatic N) is 1. The lowest BCUT2D eigenvalue weighted by atomic mass is 9.84. The Labute approximate surface area is 136 Å². The Bertz CT molecular complexity index is 507. The van der Waals surface area contributed by atoms with Crippen LogP contribution in [0.25, 0.3) is 0 Å². The van der Waals surface area contributed by atoms with Crippen molar-refractivity contribution in [2.45, 2.75) is 44.7 Å². The van der Waals surface area contributed by atoms with Crippen molar-refractivity contribution in [2.75, 3.05) is 20.7 Å². The Morgan fingerprint density at radius 3 is 2.76 bits per heavy atom. The van der Waals surface area contributed by atoms with E-state index in [1.807, 2.05) is 0 Å². The van der Waals surface area contributed by atoms with Crippen molar-refractivity contribution in [1.82, 2.24) is 10.3 Å². The van der Waals surface area contributed by atoms with Gasteiger partial charge in [0.2, 0.25) is 0 Å². The second-order valence-corrected chi connectivity index (χ2v) is 7.10. The van der Waals surface area contributed by atoms with Gasteiger partial charge in [-0.15, -0.1) is 0 Å². The molecule has 0 aromatic heterocycles. The van der Waals surface area contributed by atoms with Gasteiger partial charge in [0, 0.05) is 22.5 Å². The monoisotopic (exact) mass is 355 g/mol. The first-order valence-electron chi connectivity index (χ1n) is 7.50. The summed E-state index contributed by atoms with van der Waals surface area (Å²) in [4.78, 5) is 2.25. The molecular weight excluding hydrogens is 330 g/mol. The summed E-state index contributed by atoms with van der Waals surface area (Å²) in [7, 11) is 4.21. The van der Waals surface area contributed by atoms with Crippen molar-refractivity contribution in [1.29, 1.82) is 0 Å². The third-order valence-corrected chi connectivity index (χ3v) is 5.40. The maximum Gasteiger partial charge on any atom is 0.125 e. The van der Waals surface area contributed by atoms with Crippen molar-refractivity contribution in [3.8, 4) is 5.75 Å². The zero-order valence-electron chi connectivity index (χ0n) is 13.4. The number of halogens is 1. The molecule has 0 saturated carbocycles. The van der Waals surface area contributed by atoms with E-state index in [4.69, 9.17) is 10.6 Å². The van der Waals surface area contributed by atoms with Crippen LogP contribution in [0.15, 0.2) is 16.6 Å². The number of likely N-dealkylation sites (N-methyl/N-ethyl adjacent to an activating group) is 1. The molecule has 3 N–H and O–H groups in total. The summed E-state index contributed by atoms with van der Waals surface area (Å²) in [6.45, 7) is 5.22. The van der Waals surface area contributed by atoms with Crippen molar-refractivity contribution >= 4 is 15.9 Å². The van der Waals surface area contributed by atoms with Gasteiger partial charge in [-0.1, -0.05) is 22.9 Å². The van der Waals surface area contributed by atoms with Crippen LogP contribution in [0, 0.1) is 0 Å². The van der Waals surface area contributed by atoms with Crippen molar-refractivity contribution in [3.05, 3.63) is 27.7 Å². The molecule has 118 valence electrons. The minimum atomic E-state index is -0.0114. The molecule has 0 aliphatic carbocycles. The number of ether oxygens (including phenoxy) is 1. The van der Waals surface area contributed by atoms with Gasteiger partial charge in [-0.05, 0) is 57.1 Å². The molecule has 0 amide bonds. The number of rotatable bonds is 6. The molecule has 2 rings (SSSR count). The van der Waals surface area contributed by atoms with Crippen LogP contribution in [0.4, 0.5) is 0 Å². The molecule has 0 spiro atoms. The van der Waals surface area contributed by atoms with E-state index < -0.39 is 0 Å². The molecule has 1 aromatic carbocycles. The molecule has 1 aliphatic rings. The summed E-state index contributed by atoms with van der Waals surface area (Å²) in [5, 5.41) is 0. The zero-order valence-corrected chi connectivity index (χ0v) is 15.0. The Balaban J connectivity index is 2.31. The van der Waals surface area contributed by atoms with Crippen molar-refractivity contribution in [2.24, 2.45) is 5.84 Å². The van der Waals surface area contributed by atoms with E-state index in [2.05, 4.69) is 66.3 Å². The molecule has 0 radical (unpaired) electrons. The van der Waals surface area contributed by atoms with E-state index >= 15 is 0 Å². The third-order valence-electron chi connectivity index (χ3n) is 4.94. The lowest BCUT2D eigenvalue weighted by Gasteiger charge is -2.42. The maximum absolute atomic E-state index is 5.87. The first-order valence-corrected chi connectivity index (χ1v) is 8.29. The number of benzene rings is 1. The summed E-state index contributed by atoms with van der Waals surface area (Å²) in [6.07, 6.45) is 2.86. The Morgan fingerprint density at radius 2 is 2.19 bits per heavy atom. The van der Waals surface area contributed by atoms with Crippen LogP contribution in [-0.2, 0) is 12.8 Å². The molecule has 2 atom stereocenters. The van der Waals surface area contributed by atoms with Crippen LogP contribution in [-0.4, -0.2) is 37.2 Å². The standard InChI is InChI=1S/C16H26BrN3O/c1-5-16(2,20(3)4)14(19-18)10-12-9-13(17)8-11-6-7-21-15(11)12/h8-9,14,19H,5-7,10,18H2,1-4H3. The average Bonchev–Trinajstić information content (AvgIpc) is 2.91. The first-order chi connectivity index (χ1) is 9.92. The van der Waals surface area contributed by atoms with E-state index in [-0.39, 0.29) is 11.6 Å². The van der Waals surface area contributed by atoms with Gasteiger partial charge in [0.25, 0.3) is 0 Å². The molecule has 1 aliphatic heterocycles. The van der Waals surface area contributed by atoms with E-state index in [1.165, 1.54) is 11.1 Å². The normalized spacial score (nSPS) is 18.2. The summed E-state index contributed by atoms with van der Waals surface area (Å²) >= 11 is 3.61. The number of hydrogen-bond acceptors (Lipinski definition) is 4. The highest BCUT2D eigenvalue weighted by atomic mass is 79.9. The average molecular weight is 356 g/mol. The van der Waals surface area contributed by atoms with Gasteiger partial charge in [0.05, 0.1) is 6.61 Å². The van der Waals surface area contributed by atoms with Crippen LogP contribution >= 0.6 is 15.9 Å². The number of nitrogens with one attached hydrogen (secondary N) is 1. The number of fused-ring (bicyclic) bond motifs is 1. The van der Waals surface area contributed by atoms with Crippen LogP contribution in [0.3, 0.4) is 0 Å². The Morgan fingerprint density at radius 1 is 1.48 bits per heavy atom. The summed E-state index contributed by atoms with van der Waals surface area (Å²) < 4.78 is 6.95. The largest absolute Gasteiger partial charge is 0.493 e. The molecule has 1 aromatic rings. The van der Waals surface area contributed by atoms with Crippen molar-refractivity contribution in [3.63, 3.8) is 0 Å². The molecule has 2 unspecified atom stereocenters. The lowest BCUT2D eigenvalue weighted by Crippen LogP contribution is -2.59. The highest BCUT2D eigenvalue weighted by Crippen LogP contribution is 2.35. The summed E-state index contributed by atoms with van der Waals surface area (Å²) in [5.41, 5.74) is 5.52. The van der Waals surface area contributed by atoms with Gasteiger partial charge in [-0.25, -0.2) is 0 Å². The SMILES string of the molecule is CCC(C)(C(Cc1cc(Br)cc2c1OCC2)NN)N(C)C. The fourth-order valence-corrected chi connectivity index (χ4v) is 3.60. The first kappa shape index (κ1) is 16.7. The second kappa shape index (κ2) is 6.65. The highest BCUT2D eigenvalue weighted by molar-refractivity contribution is 9.10. The molecule has 0 saturated heterocycles. The van der Waals surface area contributed by atoms with Gasteiger partial charge < -0.3 is 9.64 Å². The van der Waals surface area contributed by atoms with Crippen molar-refractivity contribution < 1.29 is 4.74 Å². The van der Waals surface area contributed by atoms with Gasteiger partial charge >= 0.3 is 0 Å². The Kier molecular flexibility index (Phi) is 5.30. The van der Waals surface area contributed by atoms with E-state index in [9.17, 15) is 0 Å². The smallest absolute Gasteiger partial charge is 0.125 e. The predicted molar refractivity (Wildman–Crippen MR) is 90.5 cm³/mol. The Hall–Kier alpha value is -0.620. The quantitative estimate of drug-likeness (QED) is 0.607. The fourth-order valence-electron chi connectivity index (χ4n) is 3.05. The summed E-state index contributed by atoms with van der Waals surface area (Å²) in [6, 6.07) is 4.46. The minimum absolute atomic E-state index is 0.0114. The third kappa shape index (κ3) is 3.26. The predicted octanol–water partition coefficient (Wildman–Crippen LogP) is 2.49. The number of hydrogen-bond donors (Lipinski definition) is 2. The highest BCUT2D eigenvalue weighted by Gasteiger charge is 2.35. The van der Waals surface area contributed by atoms with Gasteiger partial charge in [0.1, 0.15) is 5.75 Å². The summed E-state index contributed by atoms with van der Waals surface area (Å²) in [5.74, 6) is 6.93. The van der Waals surface area contributed by atoms with Gasteiger partial charge in [-0.2, -0.15) is 0 Å². The topological polar surface area (TPSA) is 50.5 Å². The lowest BCUT2D eigenvalue weighted by molar-refractivity contribution is 0.112. The zero-order chi connectivity index (χ0) is 15.6. The molecule has 1 heterocycles. The molecule has 5 heteroatoms. The van der Waals surface area contributed by atoms with Gasteiger partial charge in [0.15, 0.2) is 0 Å². The van der Waals surface area contributed by atoms with E-state index in [0.29, 0.717) is 0 Å². The van der Waals surface area contributed by atoms with E-state index in [0.717, 1.165) is 36.1 Å². The number of hydrazine groups is 1. The number of nitrogens with two attached hydrogens (primary N) is 1. The van der Waals surface area contributed by atoms with Crippen LogP contribution in [0.2, 0.25) is 0 Å². The molecular formula is C16H26BrN3O. The van der Waals surface area contributed by atoms with E-state index in [1.54, 1.807) is 0 Å². The molecule has 0 bridgehead atoms. The van der Waals surface area contributed by atoms with Crippen LogP contribution in [0.5, 0.6) is 5.75 Å². The van der Waals surface area contributed by atoms with Crippen LogP contribution in [0.1, 0.15) is 31.4 Å². The van der Waals surface area contributed by atoms with Gasteiger partial charge in [-0.3, -0.25) is 11.3 Å². The fraction of sp³-hybridized carbons (Fsp3) is 0.625. The van der Waals surface area contributed by atoms with Crippen LogP contribution < -0.4 is 16.0 Å². The molecule has 21 heavy (non-hydrogen) atoms.